The molecule has 92 valence electrons. The number of benzene rings is 1. The molecule has 3 nitrogen and oxygen atoms in total. The number of anilines is 1. The van der Waals surface area contributed by atoms with E-state index >= 15 is 0 Å². The average Bonchev–Trinajstić information content (AvgIpc) is 2.24. The van der Waals surface area contributed by atoms with Gasteiger partial charge in [0.05, 0.1) is 0 Å². The molecule has 1 aromatic rings. The number of amides is 1. The van der Waals surface area contributed by atoms with E-state index in [0.717, 1.165) is 11.6 Å². The molecule has 3 heteroatoms. The molecular weight excluding hydrogens is 212 g/mol. The van der Waals surface area contributed by atoms with Gasteiger partial charge in [0.2, 0.25) is 5.91 Å². The fraction of sp³-hybridized carbons (Fsp3) is 0.500. The summed E-state index contributed by atoms with van der Waals surface area (Å²) in [5.74, 6) is 0.511. The second kappa shape index (κ2) is 5.21. The second-order valence-corrected chi connectivity index (χ2v) is 5.02. The fourth-order valence-electron chi connectivity index (χ4n) is 2.33. The Balaban J connectivity index is 1.92. The van der Waals surface area contributed by atoms with Gasteiger partial charge in [0.25, 0.3) is 0 Å². The smallest absolute Gasteiger partial charge is 0.248 e. The minimum Gasteiger partial charge on any atom is -0.383 e. The number of hydrogen-bond donors (Lipinski definition) is 2. The molecule has 1 atom stereocenters. The number of carbonyl (C=O) groups excluding carboxylic acids is 1. The summed E-state index contributed by atoms with van der Waals surface area (Å²) < 4.78 is 0. The molecule has 0 spiro atoms. The summed E-state index contributed by atoms with van der Waals surface area (Å²) in [5.41, 5.74) is 6.80. The molecule has 0 bridgehead atoms. The van der Waals surface area contributed by atoms with Gasteiger partial charge in [0.1, 0.15) is 0 Å². The van der Waals surface area contributed by atoms with Gasteiger partial charge < -0.3 is 11.1 Å². The van der Waals surface area contributed by atoms with Crippen molar-refractivity contribution in [1.29, 1.82) is 0 Å². The Morgan fingerprint density at radius 2 is 2.29 bits per heavy atom. The standard InChI is InChI=1S/C14H20N2O/c1-10(8-11-4-2-5-11)16-13-7-3-6-12(9-13)14(15)17/h3,6-7,9-11,16H,2,4-5,8H2,1H3,(H2,15,17). The van der Waals surface area contributed by atoms with Gasteiger partial charge in [0, 0.05) is 17.3 Å². The van der Waals surface area contributed by atoms with Gasteiger partial charge in [-0.15, -0.1) is 0 Å². The molecule has 1 aliphatic carbocycles. The zero-order valence-electron chi connectivity index (χ0n) is 10.3. The van der Waals surface area contributed by atoms with Gasteiger partial charge >= 0.3 is 0 Å². The Morgan fingerprint density at radius 1 is 1.53 bits per heavy atom. The van der Waals surface area contributed by atoms with Crippen molar-refractivity contribution < 1.29 is 4.79 Å². The molecule has 1 amide bonds. The molecule has 3 N–H and O–H groups in total. The number of nitrogens with one attached hydrogen (secondary N) is 1. The Hall–Kier alpha value is -1.51. The van der Waals surface area contributed by atoms with E-state index in [2.05, 4.69) is 12.2 Å². The number of nitrogens with two attached hydrogens (primary N) is 1. The number of hydrogen-bond acceptors (Lipinski definition) is 2. The van der Waals surface area contributed by atoms with Crippen molar-refractivity contribution in [2.45, 2.75) is 38.6 Å². The van der Waals surface area contributed by atoms with Gasteiger partial charge in [-0.25, -0.2) is 0 Å². The van der Waals surface area contributed by atoms with Crippen molar-refractivity contribution in [1.82, 2.24) is 0 Å². The van der Waals surface area contributed by atoms with Crippen LogP contribution in [0.25, 0.3) is 0 Å². The van der Waals surface area contributed by atoms with E-state index in [-0.39, 0.29) is 5.91 Å². The third-order valence-electron chi connectivity index (χ3n) is 3.47. The van der Waals surface area contributed by atoms with E-state index in [9.17, 15) is 4.79 Å². The first-order chi connectivity index (χ1) is 8.15. The predicted octanol–water partition coefficient (Wildman–Crippen LogP) is 2.78. The van der Waals surface area contributed by atoms with E-state index < -0.39 is 0 Å². The van der Waals surface area contributed by atoms with E-state index in [1.54, 1.807) is 6.07 Å². The summed E-state index contributed by atoms with van der Waals surface area (Å²) in [6.45, 7) is 2.19. The van der Waals surface area contributed by atoms with Crippen molar-refractivity contribution in [3.63, 3.8) is 0 Å². The third kappa shape index (κ3) is 3.22. The van der Waals surface area contributed by atoms with E-state index in [1.165, 1.54) is 25.7 Å². The SMILES string of the molecule is CC(CC1CCC1)Nc1cccc(C(N)=O)c1. The predicted molar refractivity (Wildman–Crippen MR) is 70.0 cm³/mol. The van der Waals surface area contributed by atoms with Crippen LogP contribution in [0, 0.1) is 5.92 Å². The summed E-state index contributed by atoms with van der Waals surface area (Å²) in [5, 5.41) is 3.43. The molecule has 1 unspecified atom stereocenters. The molecule has 0 radical (unpaired) electrons. The van der Waals surface area contributed by atoms with Crippen molar-refractivity contribution in [2.75, 3.05) is 5.32 Å². The first kappa shape index (κ1) is 12.0. The summed E-state index contributed by atoms with van der Waals surface area (Å²) in [6.07, 6.45) is 5.33. The lowest BCUT2D eigenvalue weighted by molar-refractivity contribution is 0.100. The minimum atomic E-state index is -0.375. The molecule has 0 aromatic heterocycles. The van der Waals surface area contributed by atoms with Gasteiger partial charge in [0.15, 0.2) is 0 Å². The van der Waals surface area contributed by atoms with Crippen LogP contribution in [0.15, 0.2) is 24.3 Å². The first-order valence-corrected chi connectivity index (χ1v) is 6.31. The average molecular weight is 232 g/mol. The summed E-state index contributed by atoms with van der Waals surface area (Å²) in [4.78, 5) is 11.1. The molecule has 1 fully saturated rings. The van der Waals surface area contributed by atoms with Crippen LogP contribution in [0.4, 0.5) is 5.69 Å². The normalized spacial score (nSPS) is 17.2. The van der Waals surface area contributed by atoms with Crippen LogP contribution in [0.3, 0.4) is 0 Å². The highest BCUT2D eigenvalue weighted by molar-refractivity contribution is 5.93. The summed E-state index contributed by atoms with van der Waals surface area (Å²) >= 11 is 0. The van der Waals surface area contributed by atoms with Crippen LogP contribution >= 0.6 is 0 Å². The zero-order valence-corrected chi connectivity index (χ0v) is 10.3. The fourth-order valence-corrected chi connectivity index (χ4v) is 2.33. The highest BCUT2D eigenvalue weighted by Crippen LogP contribution is 2.31. The molecule has 1 aliphatic rings. The van der Waals surface area contributed by atoms with Crippen molar-refractivity contribution in [3.8, 4) is 0 Å². The van der Waals surface area contributed by atoms with Gasteiger partial charge in [-0.05, 0) is 37.5 Å². The van der Waals surface area contributed by atoms with E-state index in [4.69, 9.17) is 5.73 Å². The topological polar surface area (TPSA) is 55.1 Å². The Bertz CT molecular complexity index is 399. The highest BCUT2D eigenvalue weighted by atomic mass is 16.1. The molecule has 1 aromatic carbocycles. The maximum Gasteiger partial charge on any atom is 0.248 e. The largest absolute Gasteiger partial charge is 0.383 e. The minimum absolute atomic E-state index is 0.375. The lowest BCUT2D eigenvalue weighted by Crippen LogP contribution is -2.23. The molecule has 0 saturated heterocycles. The van der Waals surface area contributed by atoms with Crippen molar-refractivity contribution in [2.24, 2.45) is 11.7 Å². The molecule has 0 aliphatic heterocycles. The first-order valence-electron chi connectivity index (χ1n) is 6.31. The lowest BCUT2D eigenvalue weighted by atomic mass is 9.81. The monoisotopic (exact) mass is 232 g/mol. The molecule has 2 rings (SSSR count). The van der Waals surface area contributed by atoms with Gasteiger partial charge in [-0.2, -0.15) is 0 Å². The third-order valence-corrected chi connectivity index (χ3v) is 3.47. The van der Waals surface area contributed by atoms with Crippen molar-refractivity contribution >= 4 is 11.6 Å². The second-order valence-electron chi connectivity index (χ2n) is 5.02. The van der Waals surface area contributed by atoms with Crippen LogP contribution in [0.5, 0.6) is 0 Å². The van der Waals surface area contributed by atoms with Gasteiger partial charge in [-0.3, -0.25) is 4.79 Å². The lowest BCUT2D eigenvalue weighted by Gasteiger charge is -2.29. The highest BCUT2D eigenvalue weighted by Gasteiger charge is 2.19. The van der Waals surface area contributed by atoms with Crippen LogP contribution < -0.4 is 11.1 Å². The van der Waals surface area contributed by atoms with E-state index in [0.29, 0.717) is 11.6 Å². The van der Waals surface area contributed by atoms with Gasteiger partial charge in [-0.1, -0.05) is 25.3 Å². The zero-order chi connectivity index (χ0) is 12.3. The van der Waals surface area contributed by atoms with Crippen molar-refractivity contribution in [3.05, 3.63) is 29.8 Å². The Kier molecular flexibility index (Phi) is 3.67. The maximum atomic E-state index is 11.1. The summed E-state index contributed by atoms with van der Waals surface area (Å²) in [6, 6.07) is 7.84. The summed E-state index contributed by atoms with van der Waals surface area (Å²) in [7, 11) is 0. The molecule has 17 heavy (non-hydrogen) atoms. The number of primary amides is 1. The quantitative estimate of drug-likeness (QED) is 0.820. The van der Waals surface area contributed by atoms with Crippen LogP contribution in [0.1, 0.15) is 43.0 Å². The number of rotatable bonds is 5. The molecule has 0 heterocycles. The van der Waals surface area contributed by atoms with E-state index in [1.807, 2.05) is 18.2 Å². The maximum absolute atomic E-state index is 11.1. The molecule has 1 saturated carbocycles. The Morgan fingerprint density at radius 3 is 2.88 bits per heavy atom. The van der Waals surface area contributed by atoms with Crippen LogP contribution in [0.2, 0.25) is 0 Å². The molecular formula is C14H20N2O. The van der Waals surface area contributed by atoms with Crippen LogP contribution in [-0.4, -0.2) is 11.9 Å². The Labute approximate surface area is 102 Å². The number of carbonyl (C=O) groups is 1. The van der Waals surface area contributed by atoms with Crippen LogP contribution in [-0.2, 0) is 0 Å².